The van der Waals surface area contributed by atoms with Crippen molar-refractivity contribution in [3.63, 3.8) is 0 Å². The van der Waals surface area contributed by atoms with Gasteiger partial charge in [0.1, 0.15) is 0 Å². The second-order valence-electron chi connectivity index (χ2n) is 8.02. The number of ketones is 1. The van der Waals surface area contributed by atoms with E-state index in [1.807, 2.05) is 37.3 Å². The first-order chi connectivity index (χ1) is 15.0. The van der Waals surface area contributed by atoms with E-state index in [2.05, 4.69) is 0 Å². The van der Waals surface area contributed by atoms with Gasteiger partial charge in [-0.05, 0) is 36.1 Å². The number of rotatable bonds is 9. The zero-order valence-electron chi connectivity index (χ0n) is 18.3. The molecule has 0 amide bonds. The van der Waals surface area contributed by atoms with Crippen molar-refractivity contribution in [1.29, 1.82) is 0 Å². The third-order valence-electron chi connectivity index (χ3n) is 5.97. The summed E-state index contributed by atoms with van der Waals surface area (Å²) >= 11 is 0. The predicted octanol–water partition coefficient (Wildman–Crippen LogP) is 4.75. The van der Waals surface area contributed by atoms with Crippen LogP contribution < -0.4 is 14.2 Å². The maximum absolute atomic E-state index is 12.8. The first-order valence-electron chi connectivity index (χ1n) is 10.8. The van der Waals surface area contributed by atoms with E-state index in [1.165, 1.54) is 0 Å². The molecule has 2 aliphatic carbocycles. The topological polar surface area (TPSA) is 71.1 Å². The van der Waals surface area contributed by atoms with E-state index in [0.717, 1.165) is 35.1 Å². The monoisotopic (exact) mass is 424 g/mol. The second kappa shape index (κ2) is 8.61. The van der Waals surface area contributed by atoms with Gasteiger partial charge < -0.3 is 18.9 Å². The van der Waals surface area contributed by atoms with Crippen molar-refractivity contribution in [3.8, 4) is 28.4 Å². The molecule has 0 aromatic heterocycles. The molecule has 2 aromatic rings. The van der Waals surface area contributed by atoms with Crippen molar-refractivity contribution >= 4 is 11.8 Å². The van der Waals surface area contributed by atoms with Gasteiger partial charge in [0.15, 0.2) is 17.3 Å². The van der Waals surface area contributed by atoms with Gasteiger partial charge in [-0.15, -0.1) is 0 Å². The molecule has 1 fully saturated rings. The van der Waals surface area contributed by atoms with Crippen LogP contribution >= 0.6 is 0 Å². The van der Waals surface area contributed by atoms with Crippen LogP contribution in [-0.2, 0) is 16.0 Å². The molecule has 0 unspecified atom stereocenters. The van der Waals surface area contributed by atoms with E-state index in [9.17, 15) is 9.59 Å². The summed E-state index contributed by atoms with van der Waals surface area (Å²) in [5.74, 6) is 1.19. The van der Waals surface area contributed by atoms with Gasteiger partial charge in [-0.1, -0.05) is 31.5 Å². The lowest BCUT2D eigenvalue weighted by molar-refractivity contribution is -0.154. The van der Waals surface area contributed by atoms with Gasteiger partial charge >= 0.3 is 5.97 Å². The molecule has 0 bridgehead atoms. The van der Waals surface area contributed by atoms with E-state index < -0.39 is 5.60 Å². The summed E-state index contributed by atoms with van der Waals surface area (Å²) in [6.07, 6.45) is 4.13. The number of Topliss-reactive ketones (excluding diaryl/α,β-unsaturated/α-hetero) is 1. The molecule has 0 heterocycles. The molecular formula is C25H28O6. The third kappa shape index (κ3) is 3.87. The number of fused-ring (bicyclic) bond motifs is 1. The predicted molar refractivity (Wildman–Crippen MR) is 116 cm³/mol. The summed E-state index contributed by atoms with van der Waals surface area (Å²) in [4.78, 5) is 25.0. The number of methoxy groups -OCH3 is 2. The minimum absolute atomic E-state index is 0.151. The third-order valence-corrected chi connectivity index (χ3v) is 5.97. The van der Waals surface area contributed by atoms with Crippen LogP contribution in [-0.4, -0.2) is 38.2 Å². The summed E-state index contributed by atoms with van der Waals surface area (Å²) in [7, 11) is 3.11. The van der Waals surface area contributed by atoms with Crippen LogP contribution in [0, 0.1) is 0 Å². The van der Waals surface area contributed by atoms with Crippen LogP contribution in [0.5, 0.6) is 17.2 Å². The average Bonchev–Trinajstić information content (AvgIpc) is 3.48. The Bertz CT molecular complexity index is 1010. The highest BCUT2D eigenvalue weighted by Crippen LogP contribution is 2.51. The molecule has 0 spiro atoms. The quantitative estimate of drug-likeness (QED) is 0.427. The number of hydrogen-bond acceptors (Lipinski definition) is 6. The molecular weight excluding hydrogens is 396 g/mol. The Labute approximate surface area is 182 Å². The fourth-order valence-electron chi connectivity index (χ4n) is 4.05. The molecule has 6 nitrogen and oxygen atoms in total. The fourth-order valence-corrected chi connectivity index (χ4v) is 4.05. The molecule has 164 valence electrons. The van der Waals surface area contributed by atoms with E-state index in [4.69, 9.17) is 18.9 Å². The van der Waals surface area contributed by atoms with Gasteiger partial charge in [-0.3, -0.25) is 4.79 Å². The zero-order valence-corrected chi connectivity index (χ0v) is 18.3. The first kappa shape index (κ1) is 21.2. The Morgan fingerprint density at radius 1 is 0.968 bits per heavy atom. The van der Waals surface area contributed by atoms with Crippen LogP contribution in [0.1, 0.15) is 54.9 Å². The van der Waals surface area contributed by atoms with Crippen molar-refractivity contribution in [3.05, 3.63) is 41.5 Å². The van der Waals surface area contributed by atoms with E-state index in [0.29, 0.717) is 49.5 Å². The minimum atomic E-state index is -1.00. The highest BCUT2D eigenvalue weighted by atomic mass is 16.6. The molecule has 1 saturated carbocycles. The van der Waals surface area contributed by atoms with Crippen molar-refractivity contribution in [2.24, 2.45) is 0 Å². The van der Waals surface area contributed by atoms with Gasteiger partial charge in [0.05, 0.1) is 20.8 Å². The zero-order chi connectivity index (χ0) is 22.0. The SMILES string of the molecule is CCCCOC(=O)C1(Oc2c(-c3cccc4c3CCC4=O)ccc(OC)c2OC)CC1. The van der Waals surface area contributed by atoms with Crippen LogP contribution in [0.15, 0.2) is 30.3 Å². The van der Waals surface area contributed by atoms with Crippen LogP contribution in [0.4, 0.5) is 0 Å². The molecule has 2 aliphatic rings. The summed E-state index contributed by atoms with van der Waals surface area (Å²) in [5.41, 5.74) is 2.43. The number of ether oxygens (including phenoxy) is 4. The van der Waals surface area contributed by atoms with Crippen LogP contribution in [0.25, 0.3) is 11.1 Å². The van der Waals surface area contributed by atoms with Crippen molar-refractivity contribution in [2.45, 2.75) is 51.0 Å². The molecule has 0 N–H and O–H groups in total. The van der Waals surface area contributed by atoms with Crippen LogP contribution in [0.3, 0.4) is 0 Å². The molecule has 0 aliphatic heterocycles. The largest absolute Gasteiger partial charge is 0.493 e. The Morgan fingerprint density at radius 3 is 2.42 bits per heavy atom. The highest BCUT2D eigenvalue weighted by molar-refractivity contribution is 6.02. The average molecular weight is 424 g/mol. The smallest absolute Gasteiger partial charge is 0.350 e. The standard InChI is InChI=1S/C25H28O6/c1-4-5-15-30-24(27)25(13-14-25)31-22-19(10-12-21(28-2)23(22)29-3)16-7-6-8-18-17(16)9-11-20(18)26/h6-8,10,12H,4-5,9,11,13-15H2,1-3H3. The van der Waals surface area contributed by atoms with E-state index in [1.54, 1.807) is 14.2 Å². The summed E-state index contributed by atoms with van der Waals surface area (Å²) in [5, 5.41) is 0. The maximum atomic E-state index is 12.8. The number of benzene rings is 2. The first-order valence-corrected chi connectivity index (χ1v) is 10.8. The van der Waals surface area contributed by atoms with Crippen LogP contribution in [0.2, 0.25) is 0 Å². The van der Waals surface area contributed by atoms with Gasteiger partial charge in [0, 0.05) is 30.4 Å². The Balaban J connectivity index is 1.77. The molecule has 4 rings (SSSR count). The number of carbonyl (C=O) groups is 2. The van der Waals surface area contributed by atoms with E-state index >= 15 is 0 Å². The Kier molecular flexibility index (Phi) is 5.90. The lowest BCUT2D eigenvalue weighted by Gasteiger charge is -2.23. The fraction of sp³-hybridized carbons (Fsp3) is 0.440. The second-order valence-corrected chi connectivity index (χ2v) is 8.02. The van der Waals surface area contributed by atoms with E-state index in [-0.39, 0.29) is 11.8 Å². The highest BCUT2D eigenvalue weighted by Gasteiger charge is 2.55. The normalized spacial score (nSPS) is 15.9. The number of unbranched alkanes of at least 4 members (excludes halogenated alkanes) is 1. The molecule has 0 radical (unpaired) electrons. The van der Waals surface area contributed by atoms with Gasteiger partial charge in [-0.2, -0.15) is 0 Å². The Hall–Kier alpha value is -3.02. The number of carbonyl (C=O) groups excluding carboxylic acids is 2. The lowest BCUT2D eigenvalue weighted by Crippen LogP contribution is -2.32. The van der Waals surface area contributed by atoms with Gasteiger partial charge in [0.2, 0.25) is 11.4 Å². The molecule has 31 heavy (non-hydrogen) atoms. The molecule has 0 saturated heterocycles. The number of hydrogen-bond donors (Lipinski definition) is 0. The summed E-state index contributed by atoms with van der Waals surface area (Å²) in [6, 6.07) is 9.43. The van der Waals surface area contributed by atoms with Crippen molar-refractivity contribution < 1.29 is 28.5 Å². The molecule has 6 heteroatoms. The minimum Gasteiger partial charge on any atom is -0.493 e. The molecule has 2 aromatic carbocycles. The van der Waals surface area contributed by atoms with Gasteiger partial charge in [-0.25, -0.2) is 4.79 Å². The van der Waals surface area contributed by atoms with Gasteiger partial charge in [0.25, 0.3) is 0 Å². The lowest BCUT2D eigenvalue weighted by atomic mass is 9.95. The maximum Gasteiger partial charge on any atom is 0.350 e. The van der Waals surface area contributed by atoms with Crippen molar-refractivity contribution in [2.75, 3.05) is 20.8 Å². The van der Waals surface area contributed by atoms with Crippen molar-refractivity contribution in [1.82, 2.24) is 0 Å². The summed E-state index contributed by atoms with van der Waals surface area (Å²) < 4.78 is 23.0. The number of esters is 1. The summed E-state index contributed by atoms with van der Waals surface area (Å²) in [6.45, 7) is 2.44. The Morgan fingerprint density at radius 2 is 1.74 bits per heavy atom. The molecule has 0 atom stereocenters.